The van der Waals surface area contributed by atoms with Gasteiger partial charge in [0.2, 0.25) is 11.7 Å². The molecule has 2 amide bonds. The number of carbonyl (C=O) groups is 4. The van der Waals surface area contributed by atoms with E-state index in [0.717, 1.165) is 25.9 Å². The number of hydrogen-bond donors (Lipinski definition) is 6. The minimum atomic E-state index is -2.69. The van der Waals surface area contributed by atoms with Crippen molar-refractivity contribution in [3.63, 3.8) is 0 Å². The first-order valence-corrected chi connectivity index (χ1v) is 12.9. The summed E-state index contributed by atoms with van der Waals surface area (Å²) in [6, 6.07) is 2.08. The molecule has 0 aromatic heterocycles. The molecule has 1 aromatic rings. The third kappa shape index (κ3) is 4.01. The molecule has 0 bridgehead atoms. The number of phenolic OH excluding ortho intramolecular Hbond substituents is 1. The number of nitrogens with zero attached hydrogens (tertiary/aromatic N) is 2. The van der Waals surface area contributed by atoms with E-state index in [4.69, 9.17) is 5.73 Å². The molecule has 7 N–H and O–H groups in total. The molecular formula is C27H32N4O8. The zero-order valence-corrected chi connectivity index (χ0v) is 21.7. The number of aliphatic hydroxyl groups is 3. The van der Waals surface area contributed by atoms with Gasteiger partial charge in [0.05, 0.1) is 23.8 Å². The predicted molar refractivity (Wildman–Crippen MR) is 138 cm³/mol. The molecule has 1 aliphatic heterocycles. The van der Waals surface area contributed by atoms with Crippen LogP contribution in [0.5, 0.6) is 5.75 Å². The summed E-state index contributed by atoms with van der Waals surface area (Å²) in [5.41, 5.74) is 1.92. The number of likely N-dealkylation sites (tertiary alicyclic amines) is 1. The molecule has 1 heterocycles. The lowest BCUT2D eigenvalue weighted by Crippen LogP contribution is -2.63. The molecule has 39 heavy (non-hydrogen) atoms. The SMILES string of the molecule is CN(C)[C@@H]1C(O)=C(C(N)=O)C(=O)[C@@]2(O)C(O)=C3C(=O)c4c(ccc(NC(=O)CN5CCCC5)c4O)CC3CC12. The summed E-state index contributed by atoms with van der Waals surface area (Å²) in [5, 5.41) is 47.4. The number of carbonyl (C=O) groups excluding carboxylic acids is 4. The highest BCUT2D eigenvalue weighted by atomic mass is 16.3. The molecule has 0 radical (unpaired) electrons. The van der Waals surface area contributed by atoms with E-state index in [1.807, 2.05) is 4.90 Å². The molecule has 2 unspecified atom stereocenters. The number of likely N-dealkylation sites (N-methyl/N-ethyl adjacent to an activating group) is 1. The third-order valence-corrected chi connectivity index (χ3v) is 8.44. The average molecular weight is 541 g/mol. The van der Waals surface area contributed by atoms with E-state index in [0.29, 0.717) is 5.56 Å². The molecule has 0 spiro atoms. The Bertz CT molecular complexity index is 1360. The monoisotopic (exact) mass is 540 g/mol. The van der Waals surface area contributed by atoms with Gasteiger partial charge in [-0.15, -0.1) is 0 Å². The maximum absolute atomic E-state index is 13.7. The Morgan fingerprint density at radius 3 is 2.44 bits per heavy atom. The van der Waals surface area contributed by atoms with E-state index >= 15 is 0 Å². The second kappa shape index (κ2) is 9.47. The second-order valence-corrected chi connectivity index (χ2v) is 11.0. The van der Waals surface area contributed by atoms with Crippen LogP contribution in [0.2, 0.25) is 0 Å². The highest BCUT2D eigenvalue weighted by Crippen LogP contribution is 2.52. The first-order chi connectivity index (χ1) is 18.4. The highest BCUT2D eigenvalue weighted by Gasteiger charge is 2.63. The van der Waals surface area contributed by atoms with Gasteiger partial charge < -0.3 is 31.5 Å². The number of Topliss-reactive ketones (excluding diaryl/α,β-unsaturated/α-hetero) is 2. The van der Waals surface area contributed by atoms with Crippen LogP contribution in [0.1, 0.15) is 35.2 Å². The molecule has 1 fully saturated rings. The smallest absolute Gasteiger partial charge is 0.255 e. The molecule has 5 rings (SSSR count). The lowest BCUT2D eigenvalue weighted by molar-refractivity contribution is -0.148. The number of amides is 2. The van der Waals surface area contributed by atoms with Gasteiger partial charge in [0.15, 0.2) is 17.1 Å². The summed E-state index contributed by atoms with van der Waals surface area (Å²) in [6.45, 7) is 1.75. The van der Waals surface area contributed by atoms with Crippen LogP contribution in [0.15, 0.2) is 34.8 Å². The van der Waals surface area contributed by atoms with Crippen molar-refractivity contribution in [2.45, 2.75) is 37.3 Å². The summed E-state index contributed by atoms with van der Waals surface area (Å²) >= 11 is 0. The van der Waals surface area contributed by atoms with Gasteiger partial charge in [-0.2, -0.15) is 0 Å². The Balaban J connectivity index is 1.55. The fourth-order valence-electron chi connectivity index (χ4n) is 6.66. The number of anilines is 1. The minimum absolute atomic E-state index is 0.0147. The van der Waals surface area contributed by atoms with Crippen LogP contribution < -0.4 is 11.1 Å². The number of aliphatic hydroxyl groups excluding tert-OH is 2. The standard InChI is InChI=1S/C27H32N4O8/c1-30(2)20-14-10-13-9-12-5-6-15(29-16(32)11-31-7-3-4-8-31)21(33)17(12)22(34)18(13)24(36)27(14,39)25(37)19(23(20)35)26(28)38/h5-6,13-14,20,33,35-36,39H,3-4,7-11H2,1-2H3,(H2,28,38)(H,29,32)/t13?,14?,20-,27-/m0/s1. The maximum Gasteiger partial charge on any atom is 0.255 e. The van der Waals surface area contributed by atoms with Crippen LogP contribution in [0.25, 0.3) is 0 Å². The van der Waals surface area contributed by atoms with Crippen LogP contribution in [0.4, 0.5) is 5.69 Å². The quantitative estimate of drug-likeness (QED) is 0.221. The van der Waals surface area contributed by atoms with Crippen LogP contribution in [-0.2, 0) is 20.8 Å². The number of fused-ring (bicyclic) bond motifs is 3. The van der Waals surface area contributed by atoms with Gasteiger partial charge in [0, 0.05) is 11.5 Å². The number of ketones is 2. The van der Waals surface area contributed by atoms with Crippen LogP contribution in [0.3, 0.4) is 0 Å². The minimum Gasteiger partial charge on any atom is -0.510 e. The van der Waals surface area contributed by atoms with Gasteiger partial charge in [-0.25, -0.2) is 0 Å². The first-order valence-electron chi connectivity index (χ1n) is 12.9. The van der Waals surface area contributed by atoms with Crippen molar-refractivity contribution in [1.29, 1.82) is 0 Å². The van der Waals surface area contributed by atoms with Gasteiger partial charge in [0.1, 0.15) is 17.1 Å². The topological polar surface area (TPSA) is 194 Å². The fourth-order valence-corrected chi connectivity index (χ4v) is 6.66. The lowest BCUT2D eigenvalue weighted by atomic mass is 9.58. The van der Waals surface area contributed by atoms with Crippen LogP contribution in [0, 0.1) is 11.8 Å². The molecule has 1 saturated heterocycles. The summed E-state index contributed by atoms with van der Waals surface area (Å²) < 4.78 is 0. The maximum atomic E-state index is 13.7. The van der Waals surface area contributed by atoms with E-state index in [9.17, 15) is 39.6 Å². The van der Waals surface area contributed by atoms with Crippen molar-refractivity contribution >= 4 is 29.1 Å². The summed E-state index contributed by atoms with van der Waals surface area (Å²) in [6.07, 6.45) is 2.21. The Labute approximate surface area is 224 Å². The largest absolute Gasteiger partial charge is 0.510 e. The lowest BCUT2D eigenvalue weighted by Gasteiger charge is -2.50. The van der Waals surface area contributed by atoms with E-state index in [1.165, 1.54) is 11.0 Å². The first kappa shape index (κ1) is 26.9. The van der Waals surface area contributed by atoms with Gasteiger partial charge in [0.25, 0.3) is 5.91 Å². The average Bonchev–Trinajstić information content (AvgIpc) is 3.35. The molecule has 0 saturated carbocycles. The number of allylic oxidation sites excluding steroid dienone is 1. The zero-order valence-electron chi connectivity index (χ0n) is 21.7. The van der Waals surface area contributed by atoms with E-state index in [2.05, 4.69) is 5.32 Å². The van der Waals surface area contributed by atoms with Crippen molar-refractivity contribution in [3.8, 4) is 5.75 Å². The van der Waals surface area contributed by atoms with E-state index < -0.39 is 63.8 Å². The van der Waals surface area contributed by atoms with Crippen LogP contribution >= 0.6 is 0 Å². The number of benzene rings is 1. The molecule has 3 aliphatic carbocycles. The van der Waals surface area contributed by atoms with Crippen molar-refractivity contribution < 1.29 is 39.6 Å². The van der Waals surface area contributed by atoms with E-state index in [1.54, 1.807) is 20.2 Å². The second-order valence-electron chi connectivity index (χ2n) is 11.0. The number of aromatic hydroxyl groups is 1. The summed E-state index contributed by atoms with van der Waals surface area (Å²) in [5.74, 6) is -7.45. The Morgan fingerprint density at radius 2 is 1.82 bits per heavy atom. The molecule has 208 valence electrons. The number of nitrogens with one attached hydrogen (secondary N) is 1. The number of hydrogen-bond acceptors (Lipinski definition) is 10. The zero-order chi connectivity index (χ0) is 28.4. The fraction of sp³-hybridized carbons (Fsp3) is 0.481. The van der Waals surface area contributed by atoms with Gasteiger partial charge in [-0.1, -0.05) is 6.07 Å². The molecule has 12 heteroatoms. The van der Waals surface area contributed by atoms with Crippen molar-refractivity contribution in [1.82, 2.24) is 9.80 Å². The van der Waals surface area contributed by atoms with E-state index in [-0.39, 0.29) is 42.1 Å². The van der Waals surface area contributed by atoms with Gasteiger partial charge in [-0.3, -0.25) is 29.0 Å². The van der Waals surface area contributed by atoms with Crippen molar-refractivity contribution in [2.75, 3.05) is 39.0 Å². The predicted octanol–water partition coefficient (Wildman–Crippen LogP) is 0.155. The number of nitrogens with two attached hydrogens (primary N) is 1. The Hall–Kier alpha value is -3.74. The Kier molecular flexibility index (Phi) is 6.52. The van der Waals surface area contributed by atoms with Crippen molar-refractivity contribution in [2.24, 2.45) is 17.6 Å². The van der Waals surface area contributed by atoms with Gasteiger partial charge in [-0.05, 0) is 70.4 Å². The number of primary amides is 1. The van der Waals surface area contributed by atoms with Gasteiger partial charge >= 0.3 is 0 Å². The number of phenols is 1. The Morgan fingerprint density at radius 1 is 1.15 bits per heavy atom. The van der Waals surface area contributed by atoms with Crippen LogP contribution in [-0.4, -0.2) is 99.0 Å². The molecular weight excluding hydrogens is 508 g/mol. The highest BCUT2D eigenvalue weighted by molar-refractivity contribution is 6.25. The molecule has 12 nitrogen and oxygen atoms in total. The molecule has 4 aliphatic rings. The number of rotatable bonds is 5. The normalized spacial score (nSPS) is 28.9. The molecule has 1 aromatic carbocycles. The summed E-state index contributed by atoms with van der Waals surface area (Å²) in [7, 11) is 3.15. The third-order valence-electron chi connectivity index (χ3n) is 8.44. The summed E-state index contributed by atoms with van der Waals surface area (Å²) in [4.78, 5) is 55.2. The molecule has 4 atom stereocenters. The van der Waals surface area contributed by atoms with Crippen molar-refractivity contribution in [3.05, 3.63) is 45.9 Å².